The standard InChI is InChI=1S/C11H16ClN3O5S/c1-6-9(12)3-8(4-11(6)15(17)18)21(19,20)14-5-10(13)7(2)16/h3-4,7,10,14,16H,5,13H2,1-2H3. The molecule has 10 heteroatoms. The Bertz CT molecular complexity index is 648. The predicted molar refractivity (Wildman–Crippen MR) is 77.7 cm³/mol. The van der Waals surface area contributed by atoms with Crippen LogP contribution in [0.5, 0.6) is 0 Å². The smallest absolute Gasteiger partial charge is 0.275 e. The van der Waals surface area contributed by atoms with Crippen molar-refractivity contribution in [3.63, 3.8) is 0 Å². The molecule has 1 aromatic carbocycles. The molecule has 1 aromatic rings. The van der Waals surface area contributed by atoms with Crippen LogP contribution in [0.1, 0.15) is 12.5 Å². The molecule has 0 bridgehead atoms. The molecule has 0 aliphatic rings. The zero-order chi connectivity index (χ0) is 16.4. The Kier molecular flexibility index (Phi) is 5.65. The number of rotatable bonds is 6. The summed E-state index contributed by atoms with van der Waals surface area (Å²) in [7, 11) is -4.01. The Morgan fingerprint density at radius 1 is 1.52 bits per heavy atom. The lowest BCUT2D eigenvalue weighted by Crippen LogP contribution is -2.43. The number of nitro benzene ring substituents is 1. The number of sulfonamides is 1. The molecule has 0 saturated heterocycles. The summed E-state index contributed by atoms with van der Waals surface area (Å²) in [6.45, 7) is 2.64. The van der Waals surface area contributed by atoms with Gasteiger partial charge in [-0.2, -0.15) is 0 Å². The average Bonchev–Trinajstić information content (AvgIpc) is 2.38. The van der Waals surface area contributed by atoms with E-state index in [9.17, 15) is 23.6 Å². The van der Waals surface area contributed by atoms with Crippen LogP contribution in [-0.4, -0.2) is 37.1 Å². The van der Waals surface area contributed by atoms with Gasteiger partial charge < -0.3 is 10.8 Å². The maximum atomic E-state index is 12.1. The van der Waals surface area contributed by atoms with Crippen LogP contribution in [0.3, 0.4) is 0 Å². The van der Waals surface area contributed by atoms with Crippen LogP contribution in [-0.2, 0) is 10.0 Å². The highest BCUT2D eigenvalue weighted by atomic mass is 35.5. The molecule has 118 valence electrons. The summed E-state index contributed by atoms with van der Waals surface area (Å²) in [4.78, 5) is 9.85. The predicted octanol–water partition coefficient (Wildman–Crippen LogP) is 0.543. The van der Waals surface area contributed by atoms with E-state index in [1.54, 1.807) is 0 Å². The summed E-state index contributed by atoms with van der Waals surface area (Å²) in [5.41, 5.74) is 5.32. The van der Waals surface area contributed by atoms with Crippen LogP contribution in [0.2, 0.25) is 5.02 Å². The molecule has 0 aliphatic carbocycles. The summed E-state index contributed by atoms with van der Waals surface area (Å²) in [5.74, 6) is 0. The van der Waals surface area contributed by atoms with E-state index in [0.717, 1.165) is 12.1 Å². The van der Waals surface area contributed by atoms with E-state index in [-0.39, 0.29) is 27.7 Å². The molecule has 8 nitrogen and oxygen atoms in total. The number of nitro groups is 1. The fraction of sp³-hybridized carbons (Fsp3) is 0.455. The third-order valence-corrected chi connectivity index (χ3v) is 4.72. The molecule has 0 spiro atoms. The third-order valence-electron chi connectivity index (χ3n) is 2.93. The molecule has 0 radical (unpaired) electrons. The number of nitrogens with zero attached hydrogens (tertiary/aromatic N) is 1. The van der Waals surface area contributed by atoms with E-state index in [2.05, 4.69) is 4.72 Å². The first-order valence-electron chi connectivity index (χ1n) is 5.94. The second kappa shape index (κ2) is 6.67. The van der Waals surface area contributed by atoms with Gasteiger partial charge in [0.2, 0.25) is 10.0 Å². The normalized spacial score (nSPS) is 14.7. The van der Waals surface area contributed by atoms with Gasteiger partial charge >= 0.3 is 0 Å². The lowest BCUT2D eigenvalue weighted by Gasteiger charge is -2.15. The van der Waals surface area contributed by atoms with Crippen molar-refractivity contribution in [2.24, 2.45) is 5.73 Å². The Labute approximate surface area is 127 Å². The highest BCUT2D eigenvalue weighted by molar-refractivity contribution is 7.89. The number of nitrogens with two attached hydrogens (primary N) is 1. The molecule has 0 fully saturated rings. The summed E-state index contributed by atoms with van der Waals surface area (Å²) < 4.78 is 26.3. The van der Waals surface area contributed by atoms with E-state index in [1.807, 2.05) is 0 Å². The number of aliphatic hydroxyl groups excluding tert-OH is 1. The minimum Gasteiger partial charge on any atom is -0.392 e. The molecular weight excluding hydrogens is 322 g/mol. The molecule has 21 heavy (non-hydrogen) atoms. The van der Waals surface area contributed by atoms with Crippen LogP contribution < -0.4 is 10.5 Å². The maximum absolute atomic E-state index is 12.1. The second-order valence-corrected chi connectivity index (χ2v) is 6.74. The quantitative estimate of drug-likeness (QED) is 0.512. The summed E-state index contributed by atoms with van der Waals surface area (Å²) in [6.07, 6.45) is -0.899. The zero-order valence-corrected chi connectivity index (χ0v) is 13.0. The first kappa shape index (κ1) is 17.8. The number of benzene rings is 1. The molecular formula is C11H16ClN3O5S. The molecule has 2 atom stereocenters. The SMILES string of the molecule is Cc1c(Cl)cc(S(=O)(=O)NCC(N)C(C)O)cc1[N+](=O)[O-]. The number of aliphatic hydroxyl groups is 1. The van der Waals surface area contributed by atoms with Gasteiger partial charge in [0.1, 0.15) is 0 Å². The fourth-order valence-electron chi connectivity index (χ4n) is 1.44. The van der Waals surface area contributed by atoms with Gasteiger partial charge in [-0.3, -0.25) is 10.1 Å². The van der Waals surface area contributed by atoms with Crippen molar-refractivity contribution < 1.29 is 18.4 Å². The Hall–Kier alpha value is -1.26. The molecule has 0 saturated carbocycles. The van der Waals surface area contributed by atoms with Crippen molar-refractivity contribution >= 4 is 27.3 Å². The van der Waals surface area contributed by atoms with Gasteiger partial charge in [-0.1, -0.05) is 11.6 Å². The van der Waals surface area contributed by atoms with Gasteiger partial charge in [-0.05, 0) is 19.9 Å². The zero-order valence-electron chi connectivity index (χ0n) is 11.4. The van der Waals surface area contributed by atoms with Gasteiger partial charge in [0.15, 0.2) is 0 Å². The van der Waals surface area contributed by atoms with Crippen molar-refractivity contribution in [1.82, 2.24) is 4.72 Å². The number of hydrogen-bond donors (Lipinski definition) is 3. The van der Waals surface area contributed by atoms with E-state index in [4.69, 9.17) is 17.3 Å². The summed E-state index contributed by atoms with van der Waals surface area (Å²) >= 11 is 5.82. The van der Waals surface area contributed by atoms with Gasteiger partial charge in [-0.25, -0.2) is 13.1 Å². The molecule has 1 rings (SSSR count). The molecule has 4 N–H and O–H groups in total. The lowest BCUT2D eigenvalue weighted by molar-refractivity contribution is -0.385. The molecule has 2 unspecified atom stereocenters. The largest absolute Gasteiger partial charge is 0.392 e. The number of hydrogen-bond acceptors (Lipinski definition) is 6. The Morgan fingerprint density at radius 3 is 2.57 bits per heavy atom. The van der Waals surface area contributed by atoms with Gasteiger partial charge in [0.25, 0.3) is 5.69 Å². The van der Waals surface area contributed by atoms with Crippen LogP contribution in [0.25, 0.3) is 0 Å². The van der Waals surface area contributed by atoms with E-state index < -0.39 is 27.1 Å². The van der Waals surface area contributed by atoms with Crippen molar-refractivity contribution in [2.75, 3.05) is 6.54 Å². The van der Waals surface area contributed by atoms with Crippen molar-refractivity contribution in [3.8, 4) is 0 Å². The maximum Gasteiger partial charge on any atom is 0.275 e. The van der Waals surface area contributed by atoms with Gasteiger partial charge in [0, 0.05) is 24.2 Å². The Balaban J connectivity index is 3.12. The second-order valence-electron chi connectivity index (χ2n) is 4.56. The van der Waals surface area contributed by atoms with Crippen LogP contribution in [0, 0.1) is 17.0 Å². The number of halogens is 1. The van der Waals surface area contributed by atoms with E-state index >= 15 is 0 Å². The average molecular weight is 338 g/mol. The molecule has 0 aromatic heterocycles. The van der Waals surface area contributed by atoms with Crippen molar-refractivity contribution in [1.29, 1.82) is 0 Å². The highest BCUT2D eigenvalue weighted by Gasteiger charge is 2.23. The highest BCUT2D eigenvalue weighted by Crippen LogP contribution is 2.29. The Morgan fingerprint density at radius 2 is 2.10 bits per heavy atom. The summed E-state index contributed by atoms with van der Waals surface area (Å²) in [6, 6.07) is 1.26. The molecule has 0 amide bonds. The first-order chi connectivity index (χ1) is 9.56. The monoisotopic (exact) mass is 337 g/mol. The van der Waals surface area contributed by atoms with Crippen LogP contribution in [0.15, 0.2) is 17.0 Å². The van der Waals surface area contributed by atoms with Crippen LogP contribution >= 0.6 is 11.6 Å². The van der Waals surface area contributed by atoms with E-state index in [0.29, 0.717) is 0 Å². The van der Waals surface area contributed by atoms with Crippen molar-refractivity contribution in [2.45, 2.75) is 30.9 Å². The van der Waals surface area contributed by atoms with Gasteiger partial charge in [-0.15, -0.1) is 0 Å². The summed E-state index contributed by atoms with van der Waals surface area (Å²) in [5, 5.41) is 20.1. The molecule has 0 heterocycles. The van der Waals surface area contributed by atoms with E-state index in [1.165, 1.54) is 13.8 Å². The number of nitrogens with one attached hydrogen (secondary N) is 1. The fourth-order valence-corrected chi connectivity index (χ4v) is 2.84. The minimum atomic E-state index is -4.01. The lowest BCUT2D eigenvalue weighted by atomic mass is 10.2. The van der Waals surface area contributed by atoms with Crippen molar-refractivity contribution in [3.05, 3.63) is 32.8 Å². The topological polar surface area (TPSA) is 136 Å². The minimum absolute atomic E-state index is 0.0237. The first-order valence-corrected chi connectivity index (χ1v) is 7.80. The molecule has 0 aliphatic heterocycles. The van der Waals surface area contributed by atoms with Gasteiger partial charge in [0.05, 0.1) is 20.9 Å². The van der Waals surface area contributed by atoms with Crippen LogP contribution in [0.4, 0.5) is 5.69 Å². The third kappa shape index (κ3) is 4.35.